The van der Waals surface area contributed by atoms with Gasteiger partial charge >= 0.3 is 0 Å². The number of nitrogens with one attached hydrogen (secondary N) is 1. The van der Waals surface area contributed by atoms with Crippen molar-refractivity contribution in [3.05, 3.63) is 35.4 Å². The van der Waals surface area contributed by atoms with E-state index >= 15 is 0 Å². The highest BCUT2D eigenvalue weighted by Gasteiger charge is 2.12. The third-order valence-corrected chi connectivity index (χ3v) is 3.26. The maximum atomic E-state index is 13.5. The standard InChI is InChI=1S/C13H19F2NS/c1-3-6-16-12(9-17-2)8-10-7-11(14)4-5-13(10)15/h4-5,7,12,16H,3,6,8-9H2,1-2H3. The number of thioether (sulfide) groups is 1. The van der Waals surface area contributed by atoms with Crippen LogP contribution in [0.3, 0.4) is 0 Å². The van der Waals surface area contributed by atoms with Crippen LogP contribution in [0.5, 0.6) is 0 Å². The summed E-state index contributed by atoms with van der Waals surface area (Å²) in [6, 6.07) is 3.83. The number of rotatable bonds is 7. The van der Waals surface area contributed by atoms with Crippen LogP contribution in [0.4, 0.5) is 8.78 Å². The molecule has 1 aromatic rings. The van der Waals surface area contributed by atoms with Crippen molar-refractivity contribution in [3.8, 4) is 0 Å². The highest BCUT2D eigenvalue weighted by molar-refractivity contribution is 7.98. The minimum absolute atomic E-state index is 0.196. The van der Waals surface area contributed by atoms with Gasteiger partial charge in [0, 0.05) is 11.8 Å². The predicted octanol–water partition coefficient (Wildman–Crippen LogP) is 3.24. The third-order valence-electron chi connectivity index (χ3n) is 2.52. The molecule has 1 N–H and O–H groups in total. The van der Waals surface area contributed by atoms with E-state index in [4.69, 9.17) is 0 Å². The van der Waals surface area contributed by atoms with Crippen LogP contribution < -0.4 is 5.32 Å². The van der Waals surface area contributed by atoms with Gasteiger partial charge in [0.25, 0.3) is 0 Å². The first kappa shape index (κ1) is 14.5. The van der Waals surface area contributed by atoms with Gasteiger partial charge in [0.2, 0.25) is 0 Å². The number of hydrogen-bond donors (Lipinski definition) is 1. The highest BCUT2D eigenvalue weighted by Crippen LogP contribution is 2.13. The fourth-order valence-electron chi connectivity index (χ4n) is 1.70. The highest BCUT2D eigenvalue weighted by atomic mass is 32.2. The minimum atomic E-state index is -0.375. The van der Waals surface area contributed by atoms with E-state index in [9.17, 15) is 8.78 Å². The Morgan fingerprint density at radius 2 is 2.12 bits per heavy atom. The molecule has 1 rings (SSSR count). The lowest BCUT2D eigenvalue weighted by Gasteiger charge is -2.17. The molecule has 1 atom stereocenters. The van der Waals surface area contributed by atoms with Crippen LogP contribution in [-0.4, -0.2) is 24.6 Å². The summed E-state index contributed by atoms with van der Waals surface area (Å²) in [6.45, 7) is 2.99. The first-order valence-electron chi connectivity index (χ1n) is 5.83. The van der Waals surface area contributed by atoms with E-state index in [1.54, 1.807) is 11.8 Å². The molecular weight excluding hydrogens is 240 g/mol. The fourth-order valence-corrected chi connectivity index (χ4v) is 2.34. The molecule has 0 saturated heterocycles. The molecule has 1 unspecified atom stereocenters. The minimum Gasteiger partial charge on any atom is -0.313 e. The first-order valence-corrected chi connectivity index (χ1v) is 7.23. The van der Waals surface area contributed by atoms with Gasteiger partial charge in [-0.1, -0.05) is 6.92 Å². The van der Waals surface area contributed by atoms with Crippen molar-refractivity contribution < 1.29 is 8.78 Å². The summed E-state index contributed by atoms with van der Waals surface area (Å²) >= 11 is 1.71. The van der Waals surface area contributed by atoms with Crippen molar-refractivity contribution in [1.82, 2.24) is 5.32 Å². The molecule has 0 aromatic heterocycles. The average molecular weight is 259 g/mol. The molecule has 4 heteroatoms. The molecule has 0 aliphatic carbocycles. The third kappa shape index (κ3) is 5.04. The zero-order chi connectivity index (χ0) is 12.7. The summed E-state index contributed by atoms with van der Waals surface area (Å²) in [5.74, 6) is 0.200. The number of halogens is 2. The quantitative estimate of drug-likeness (QED) is 0.807. The summed E-state index contributed by atoms with van der Waals surface area (Å²) in [4.78, 5) is 0. The van der Waals surface area contributed by atoms with Gasteiger partial charge in [-0.2, -0.15) is 11.8 Å². The van der Waals surface area contributed by atoms with Crippen LogP contribution in [0.2, 0.25) is 0 Å². The molecule has 0 amide bonds. The van der Waals surface area contributed by atoms with Crippen molar-refractivity contribution in [3.63, 3.8) is 0 Å². The molecule has 0 saturated carbocycles. The molecule has 1 aromatic carbocycles. The summed E-state index contributed by atoms with van der Waals surface area (Å²) in [5, 5.41) is 3.36. The Morgan fingerprint density at radius 1 is 1.35 bits per heavy atom. The normalized spacial score (nSPS) is 12.7. The van der Waals surface area contributed by atoms with Crippen LogP contribution in [0.1, 0.15) is 18.9 Å². The lowest BCUT2D eigenvalue weighted by Crippen LogP contribution is -2.34. The van der Waals surface area contributed by atoms with E-state index < -0.39 is 0 Å². The van der Waals surface area contributed by atoms with E-state index in [1.807, 2.05) is 6.26 Å². The topological polar surface area (TPSA) is 12.0 Å². The Hall–Kier alpha value is -0.610. The van der Waals surface area contributed by atoms with Crippen molar-refractivity contribution in [2.75, 3.05) is 18.6 Å². The second-order valence-corrected chi connectivity index (χ2v) is 4.96. The monoisotopic (exact) mass is 259 g/mol. The fraction of sp³-hybridized carbons (Fsp3) is 0.538. The summed E-state index contributed by atoms with van der Waals surface area (Å²) in [7, 11) is 0. The van der Waals surface area contributed by atoms with E-state index in [2.05, 4.69) is 12.2 Å². The number of hydrogen-bond acceptors (Lipinski definition) is 2. The molecule has 0 bridgehead atoms. The van der Waals surface area contributed by atoms with Crippen molar-refractivity contribution in [2.24, 2.45) is 0 Å². The molecule has 0 aliphatic heterocycles. The second-order valence-electron chi connectivity index (χ2n) is 4.05. The maximum Gasteiger partial charge on any atom is 0.126 e. The summed E-state index contributed by atoms with van der Waals surface area (Å²) in [5.41, 5.74) is 0.452. The largest absolute Gasteiger partial charge is 0.313 e. The Bertz CT molecular complexity index is 344. The Balaban J connectivity index is 2.67. The van der Waals surface area contributed by atoms with Gasteiger partial charge in [0.05, 0.1) is 0 Å². The second kappa shape index (κ2) is 7.67. The van der Waals surface area contributed by atoms with E-state index in [-0.39, 0.29) is 17.7 Å². The average Bonchev–Trinajstić information content (AvgIpc) is 2.31. The van der Waals surface area contributed by atoms with Crippen LogP contribution in [0, 0.1) is 11.6 Å². The zero-order valence-corrected chi connectivity index (χ0v) is 11.1. The first-order chi connectivity index (χ1) is 8.17. The van der Waals surface area contributed by atoms with Gasteiger partial charge in [-0.05, 0) is 49.4 Å². The Morgan fingerprint density at radius 3 is 2.76 bits per heavy atom. The maximum absolute atomic E-state index is 13.5. The van der Waals surface area contributed by atoms with Gasteiger partial charge in [-0.3, -0.25) is 0 Å². The molecular formula is C13H19F2NS. The van der Waals surface area contributed by atoms with Gasteiger partial charge < -0.3 is 5.32 Å². The predicted molar refractivity (Wildman–Crippen MR) is 70.5 cm³/mol. The Kier molecular flexibility index (Phi) is 6.52. The van der Waals surface area contributed by atoms with Crippen molar-refractivity contribution in [2.45, 2.75) is 25.8 Å². The zero-order valence-electron chi connectivity index (χ0n) is 10.3. The molecule has 0 aliphatic rings. The van der Waals surface area contributed by atoms with Crippen LogP contribution in [0.15, 0.2) is 18.2 Å². The van der Waals surface area contributed by atoms with E-state index in [1.165, 1.54) is 12.1 Å². The SMILES string of the molecule is CCCNC(CSC)Cc1cc(F)ccc1F. The van der Waals surface area contributed by atoms with E-state index in [0.29, 0.717) is 12.0 Å². The summed E-state index contributed by atoms with van der Waals surface area (Å²) in [6.07, 6.45) is 3.59. The Labute approximate surface area is 106 Å². The van der Waals surface area contributed by atoms with Gasteiger partial charge in [-0.25, -0.2) is 8.78 Å². The smallest absolute Gasteiger partial charge is 0.126 e. The van der Waals surface area contributed by atoms with Crippen molar-refractivity contribution >= 4 is 11.8 Å². The van der Waals surface area contributed by atoms with Crippen LogP contribution in [-0.2, 0) is 6.42 Å². The molecule has 0 radical (unpaired) electrons. The van der Waals surface area contributed by atoms with Gasteiger partial charge in [0.1, 0.15) is 11.6 Å². The van der Waals surface area contributed by atoms with Crippen molar-refractivity contribution in [1.29, 1.82) is 0 Å². The molecule has 17 heavy (non-hydrogen) atoms. The molecule has 0 fully saturated rings. The molecule has 0 spiro atoms. The molecule has 96 valence electrons. The summed E-state index contributed by atoms with van der Waals surface area (Å²) < 4.78 is 26.5. The van der Waals surface area contributed by atoms with Crippen LogP contribution >= 0.6 is 11.8 Å². The van der Waals surface area contributed by atoms with Gasteiger partial charge in [-0.15, -0.1) is 0 Å². The lowest BCUT2D eigenvalue weighted by molar-refractivity contribution is 0.525. The molecule has 1 nitrogen and oxygen atoms in total. The van der Waals surface area contributed by atoms with Gasteiger partial charge in [0.15, 0.2) is 0 Å². The number of benzene rings is 1. The lowest BCUT2D eigenvalue weighted by atomic mass is 10.1. The van der Waals surface area contributed by atoms with E-state index in [0.717, 1.165) is 24.8 Å². The van der Waals surface area contributed by atoms with Crippen LogP contribution in [0.25, 0.3) is 0 Å². The molecule has 0 heterocycles.